The summed E-state index contributed by atoms with van der Waals surface area (Å²) in [7, 11) is 0. The Balaban J connectivity index is 1.56. The molecule has 7 rings (SSSR count). The van der Waals surface area contributed by atoms with E-state index in [0.29, 0.717) is 0 Å². The normalized spacial score (nSPS) is 13.0. The average Bonchev–Trinajstić information content (AvgIpc) is 3.54. The van der Waals surface area contributed by atoms with Gasteiger partial charge in [0.05, 0.1) is 22.2 Å². The van der Waals surface area contributed by atoms with Gasteiger partial charge in [0.15, 0.2) is 0 Å². The van der Waals surface area contributed by atoms with E-state index in [9.17, 15) is 0 Å². The van der Waals surface area contributed by atoms with Gasteiger partial charge in [0.1, 0.15) is 0 Å². The monoisotopic (exact) mass is 600 g/mol. The van der Waals surface area contributed by atoms with Crippen molar-refractivity contribution < 1.29 is 0 Å². The summed E-state index contributed by atoms with van der Waals surface area (Å²) in [5.41, 5.74) is 11.4. The zero-order valence-electron chi connectivity index (χ0n) is 28.3. The molecule has 0 atom stereocenters. The van der Waals surface area contributed by atoms with Crippen LogP contribution in [0.5, 0.6) is 0 Å². The topological polar surface area (TPSA) is 9.86 Å². The lowest BCUT2D eigenvalue weighted by atomic mass is 9.85. The van der Waals surface area contributed by atoms with Crippen LogP contribution in [0.25, 0.3) is 60.9 Å². The Kier molecular flexibility index (Phi) is 7.09. The van der Waals surface area contributed by atoms with Crippen LogP contribution in [-0.2, 0) is 11.8 Å². The fourth-order valence-electron chi connectivity index (χ4n) is 6.87. The maximum Gasteiger partial charge on any atom is 0.0562 e. The summed E-state index contributed by atoms with van der Waals surface area (Å²) < 4.78 is 4.89. The van der Waals surface area contributed by atoms with Crippen molar-refractivity contribution in [3.63, 3.8) is 0 Å². The van der Waals surface area contributed by atoms with Gasteiger partial charge in [-0.15, -0.1) is 0 Å². The van der Waals surface area contributed by atoms with Crippen molar-refractivity contribution in [3.05, 3.63) is 138 Å². The van der Waals surface area contributed by atoms with E-state index >= 15 is 0 Å². The zero-order chi connectivity index (χ0) is 32.4. The standard InChI is InChI=1S/C44H44N2/c1-9-37-34(25-21-29(2)43(3,4)5)36-28-32(44(6,7)8)23-26-39(36)46(37)41-20-14-19-40-42(41)35-17-12-13-18-38(35)45(40)33-24-22-30-15-10-11-16-31(30)27-33/h9-24,26-28H,1,25H2,2-8H3/b29-21+. The Morgan fingerprint density at radius 1 is 0.674 bits per heavy atom. The molecule has 46 heavy (non-hydrogen) atoms. The predicted molar refractivity (Wildman–Crippen MR) is 201 cm³/mol. The number of para-hydroxylation sites is 1. The van der Waals surface area contributed by atoms with Crippen molar-refractivity contribution in [1.82, 2.24) is 9.13 Å². The summed E-state index contributed by atoms with van der Waals surface area (Å²) in [6.45, 7) is 20.4. The summed E-state index contributed by atoms with van der Waals surface area (Å²) in [5, 5.41) is 6.29. The van der Waals surface area contributed by atoms with Gasteiger partial charge in [0.2, 0.25) is 0 Å². The molecule has 5 aromatic carbocycles. The van der Waals surface area contributed by atoms with Gasteiger partial charge in [-0.1, -0.05) is 120 Å². The van der Waals surface area contributed by atoms with Gasteiger partial charge in [0.25, 0.3) is 0 Å². The van der Waals surface area contributed by atoms with Crippen LogP contribution in [0.3, 0.4) is 0 Å². The number of hydrogen-bond acceptors (Lipinski definition) is 0. The van der Waals surface area contributed by atoms with Crippen molar-refractivity contribution in [2.75, 3.05) is 0 Å². The SMILES string of the molecule is C=Cc1c(C/C=C(\C)C(C)(C)C)c2cc(C(C)(C)C)ccc2n1-c1cccc2c1c1ccccc1n2-c1ccc2ccccc2c1. The van der Waals surface area contributed by atoms with Crippen LogP contribution in [-0.4, -0.2) is 9.13 Å². The molecule has 2 aromatic heterocycles. The van der Waals surface area contributed by atoms with E-state index in [0.717, 1.165) is 12.1 Å². The molecule has 7 aromatic rings. The zero-order valence-corrected chi connectivity index (χ0v) is 28.3. The number of fused-ring (bicyclic) bond motifs is 5. The Morgan fingerprint density at radius 3 is 2.11 bits per heavy atom. The van der Waals surface area contributed by atoms with Crippen LogP contribution >= 0.6 is 0 Å². The molecule has 230 valence electrons. The Hall–Kier alpha value is -4.82. The Labute approximate surface area is 273 Å². The van der Waals surface area contributed by atoms with Gasteiger partial charge >= 0.3 is 0 Å². The maximum absolute atomic E-state index is 4.40. The third-order valence-electron chi connectivity index (χ3n) is 9.88. The van der Waals surface area contributed by atoms with Crippen LogP contribution in [0, 0.1) is 5.41 Å². The molecule has 0 N–H and O–H groups in total. The molecule has 0 unspecified atom stereocenters. The second kappa shape index (κ2) is 10.9. The molecular weight excluding hydrogens is 556 g/mol. The highest BCUT2D eigenvalue weighted by molar-refractivity contribution is 6.14. The van der Waals surface area contributed by atoms with E-state index in [1.807, 2.05) is 0 Å². The van der Waals surface area contributed by atoms with Crippen molar-refractivity contribution in [3.8, 4) is 11.4 Å². The van der Waals surface area contributed by atoms with Crippen LogP contribution < -0.4 is 0 Å². The Morgan fingerprint density at radius 2 is 1.37 bits per heavy atom. The number of benzene rings is 5. The molecule has 0 saturated carbocycles. The van der Waals surface area contributed by atoms with Crippen molar-refractivity contribution in [1.29, 1.82) is 0 Å². The number of hydrogen-bond donors (Lipinski definition) is 0. The van der Waals surface area contributed by atoms with Crippen molar-refractivity contribution in [2.45, 2.75) is 60.3 Å². The van der Waals surface area contributed by atoms with Gasteiger partial charge in [-0.2, -0.15) is 0 Å². The number of rotatable bonds is 5. The maximum atomic E-state index is 4.40. The number of allylic oxidation sites excluding steroid dienone is 2. The smallest absolute Gasteiger partial charge is 0.0562 e. The van der Waals surface area contributed by atoms with Crippen LogP contribution in [0.2, 0.25) is 0 Å². The van der Waals surface area contributed by atoms with Gasteiger partial charge in [-0.25, -0.2) is 0 Å². The molecule has 0 aliphatic heterocycles. The lowest BCUT2D eigenvalue weighted by Crippen LogP contribution is -2.10. The van der Waals surface area contributed by atoms with Crippen molar-refractivity contribution in [2.24, 2.45) is 5.41 Å². The van der Waals surface area contributed by atoms with E-state index in [4.69, 9.17) is 0 Å². The third-order valence-corrected chi connectivity index (χ3v) is 9.88. The number of nitrogens with zero attached hydrogens (tertiary/aromatic N) is 2. The first kappa shape index (κ1) is 29.9. The quantitative estimate of drug-likeness (QED) is 0.174. The Bertz CT molecular complexity index is 2320. The van der Waals surface area contributed by atoms with E-state index in [1.54, 1.807) is 0 Å². The predicted octanol–water partition coefficient (Wildman–Crippen LogP) is 12.4. The summed E-state index contributed by atoms with van der Waals surface area (Å²) in [4.78, 5) is 0. The molecule has 0 fully saturated rings. The lowest BCUT2D eigenvalue weighted by molar-refractivity contribution is 0.502. The van der Waals surface area contributed by atoms with E-state index in [-0.39, 0.29) is 10.8 Å². The molecule has 0 saturated heterocycles. The molecule has 0 spiro atoms. The molecule has 2 heteroatoms. The van der Waals surface area contributed by atoms with E-state index in [2.05, 4.69) is 179 Å². The van der Waals surface area contributed by atoms with Crippen molar-refractivity contribution >= 4 is 49.6 Å². The minimum Gasteiger partial charge on any atom is -0.309 e. The van der Waals surface area contributed by atoms with E-state index in [1.165, 1.54) is 71.6 Å². The highest BCUT2D eigenvalue weighted by Crippen LogP contribution is 2.41. The summed E-state index contributed by atoms with van der Waals surface area (Å²) in [6, 6.07) is 38.0. The van der Waals surface area contributed by atoms with E-state index < -0.39 is 0 Å². The largest absolute Gasteiger partial charge is 0.309 e. The fourth-order valence-corrected chi connectivity index (χ4v) is 6.87. The molecule has 2 heterocycles. The molecule has 0 bridgehead atoms. The second-order valence-corrected chi connectivity index (χ2v) is 14.8. The summed E-state index contributed by atoms with van der Waals surface area (Å²) in [6.07, 6.45) is 5.34. The van der Waals surface area contributed by atoms with Gasteiger partial charge in [-0.3, -0.25) is 0 Å². The molecule has 0 amide bonds. The first-order chi connectivity index (χ1) is 22.0. The molecular formula is C44H44N2. The molecule has 2 nitrogen and oxygen atoms in total. The van der Waals surface area contributed by atoms with Crippen LogP contribution in [0.15, 0.2) is 121 Å². The summed E-state index contributed by atoms with van der Waals surface area (Å²) >= 11 is 0. The minimum atomic E-state index is 0.0480. The molecule has 0 aliphatic rings. The number of aromatic nitrogens is 2. The summed E-state index contributed by atoms with van der Waals surface area (Å²) in [5.74, 6) is 0. The molecule has 0 aliphatic carbocycles. The van der Waals surface area contributed by atoms with Crippen LogP contribution in [0.4, 0.5) is 0 Å². The fraction of sp³-hybridized carbons (Fsp3) is 0.227. The first-order valence-electron chi connectivity index (χ1n) is 16.5. The average molecular weight is 601 g/mol. The highest BCUT2D eigenvalue weighted by atomic mass is 15.0. The third kappa shape index (κ3) is 4.88. The van der Waals surface area contributed by atoms with Crippen LogP contribution in [0.1, 0.15) is 65.3 Å². The second-order valence-electron chi connectivity index (χ2n) is 14.8. The van der Waals surface area contributed by atoms with Gasteiger partial charge < -0.3 is 9.13 Å². The molecule has 0 radical (unpaired) electrons. The highest BCUT2D eigenvalue weighted by Gasteiger charge is 2.23. The first-order valence-corrected chi connectivity index (χ1v) is 16.5. The minimum absolute atomic E-state index is 0.0480. The lowest BCUT2D eigenvalue weighted by Gasteiger charge is -2.20. The van der Waals surface area contributed by atoms with Gasteiger partial charge in [0, 0.05) is 27.5 Å². The van der Waals surface area contributed by atoms with Gasteiger partial charge in [-0.05, 0) is 94.6 Å².